The van der Waals surface area contributed by atoms with E-state index in [9.17, 15) is 0 Å². The summed E-state index contributed by atoms with van der Waals surface area (Å²) in [4.78, 5) is 2.42. The van der Waals surface area contributed by atoms with Gasteiger partial charge in [0, 0.05) is 0 Å². The number of rotatable bonds is 3. The Bertz CT molecular complexity index is 448. The van der Waals surface area contributed by atoms with E-state index in [4.69, 9.17) is 0 Å². The molecule has 0 unspecified atom stereocenters. The zero-order chi connectivity index (χ0) is 15.6. The van der Waals surface area contributed by atoms with Gasteiger partial charge < -0.3 is 4.90 Å². The fourth-order valence-corrected chi connectivity index (χ4v) is 2.50. The second-order valence-electron chi connectivity index (χ2n) is 5.88. The SMILES string of the molecule is C=C/C=C\C=C/C.CN1CCC(C)(c2ccccc2)CC1. The van der Waals surface area contributed by atoms with Gasteiger partial charge in [0.05, 0.1) is 0 Å². The molecule has 1 nitrogen and oxygen atoms in total. The van der Waals surface area contributed by atoms with Crippen molar-refractivity contribution in [3.63, 3.8) is 0 Å². The third-order valence-electron chi connectivity index (χ3n) is 4.11. The summed E-state index contributed by atoms with van der Waals surface area (Å²) < 4.78 is 0. The summed E-state index contributed by atoms with van der Waals surface area (Å²) in [5, 5.41) is 0. The van der Waals surface area contributed by atoms with Crippen LogP contribution in [0.4, 0.5) is 0 Å². The Morgan fingerprint density at radius 1 is 1.05 bits per heavy atom. The first-order valence-corrected chi connectivity index (χ1v) is 7.77. The van der Waals surface area contributed by atoms with Crippen LogP contribution in [0.3, 0.4) is 0 Å². The number of hydrogen-bond acceptors (Lipinski definition) is 1. The average Bonchev–Trinajstić information content (AvgIpc) is 2.53. The number of likely N-dealkylation sites (tertiary alicyclic amines) is 1. The van der Waals surface area contributed by atoms with Gasteiger partial charge in [-0.05, 0) is 50.9 Å². The van der Waals surface area contributed by atoms with Gasteiger partial charge in [0.2, 0.25) is 0 Å². The molecule has 1 saturated heterocycles. The highest BCUT2D eigenvalue weighted by Crippen LogP contribution is 2.34. The molecule has 0 spiro atoms. The average molecular weight is 283 g/mol. The van der Waals surface area contributed by atoms with Gasteiger partial charge >= 0.3 is 0 Å². The van der Waals surface area contributed by atoms with Crippen molar-refractivity contribution in [3.05, 3.63) is 72.9 Å². The van der Waals surface area contributed by atoms with E-state index >= 15 is 0 Å². The molecule has 0 aromatic heterocycles. The first-order valence-electron chi connectivity index (χ1n) is 7.77. The molecule has 0 radical (unpaired) electrons. The number of hydrogen-bond donors (Lipinski definition) is 0. The molecule has 0 saturated carbocycles. The van der Waals surface area contributed by atoms with E-state index in [2.05, 4.69) is 55.8 Å². The van der Waals surface area contributed by atoms with Crippen LogP contribution in [0.15, 0.2) is 67.3 Å². The second kappa shape index (κ2) is 9.36. The first-order chi connectivity index (χ1) is 10.1. The minimum absolute atomic E-state index is 0.410. The van der Waals surface area contributed by atoms with Crippen LogP contribution in [0, 0.1) is 0 Å². The first kappa shape index (κ1) is 17.5. The Hall–Kier alpha value is -1.60. The highest BCUT2D eigenvalue weighted by Gasteiger charge is 2.29. The van der Waals surface area contributed by atoms with Crippen LogP contribution in [0.1, 0.15) is 32.3 Å². The lowest BCUT2D eigenvalue weighted by atomic mass is 9.75. The smallest absolute Gasteiger partial charge is 0.00134 e. The number of allylic oxidation sites excluding steroid dienone is 5. The molecule has 114 valence electrons. The van der Waals surface area contributed by atoms with Gasteiger partial charge in [-0.1, -0.05) is 74.2 Å². The zero-order valence-electron chi connectivity index (χ0n) is 13.8. The lowest BCUT2D eigenvalue weighted by molar-refractivity contribution is 0.200. The van der Waals surface area contributed by atoms with Gasteiger partial charge in [0.25, 0.3) is 0 Å². The molecule has 1 heteroatoms. The molecule has 0 N–H and O–H groups in total. The topological polar surface area (TPSA) is 3.24 Å². The second-order valence-corrected chi connectivity index (χ2v) is 5.88. The van der Waals surface area contributed by atoms with Crippen molar-refractivity contribution in [2.45, 2.75) is 32.1 Å². The summed E-state index contributed by atoms with van der Waals surface area (Å²) in [6.45, 7) is 10.3. The molecule has 1 aliphatic rings. The molecular formula is C20H29N. The predicted octanol–water partition coefficient (Wildman–Crippen LogP) is 4.97. The molecule has 1 fully saturated rings. The summed E-state index contributed by atoms with van der Waals surface area (Å²) >= 11 is 0. The highest BCUT2D eigenvalue weighted by atomic mass is 15.1. The van der Waals surface area contributed by atoms with Crippen molar-refractivity contribution < 1.29 is 0 Å². The van der Waals surface area contributed by atoms with E-state index in [1.807, 2.05) is 31.2 Å². The standard InChI is InChI=1S/C13H19N.C7H10/c1-13(8-10-14(2)11-9-13)12-6-4-3-5-7-12;1-3-5-7-6-4-2/h3-7H,8-11H2,1-2H3;3-7H,1H2,2H3/b;6-4-,7-5-. The summed E-state index contributed by atoms with van der Waals surface area (Å²) in [7, 11) is 2.21. The van der Waals surface area contributed by atoms with Crippen LogP contribution in [0.25, 0.3) is 0 Å². The van der Waals surface area contributed by atoms with E-state index in [0.29, 0.717) is 5.41 Å². The fraction of sp³-hybridized carbons (Fsp3) is 0.400. The van der Waals surface area contributed by atoms with E-state index < -0.39 is 0 Å². The Kier molecular flexibility index (Phi) is 7.78. The van der Waals surface area contributed by atoms with Gasteiger partial charge in [-0.3, -0.25) is 0 Å². The fourth-order valence-electron chi connectivity index (χ4n) is 2.50. The van der Waals surface area contributed by atoms with Crippen molar-refractivity contribution in [2.75, 3.05) is 20.1 Å². The number of benzene rings is 1. The number of nitrogens with zero attached hydrogens (tertiary/aromatic N) is 1. The molecule has 0 aliphatic carbocycles. The lowest BCUT2D eigenvalue weighted by Crippen LogP contribution is -2.38. The minimum Gasteiger partial charge on any atom is -0.306 e. The van der Waals surface area contributed by atoms with Gasteiger partial charge in [0.1, 0.15) is 0 Å². The third-order valence-corrected chi connectivity index (χ3v) is 4.11. The van der Waals surface area contributed by atoms with E-state index in [1.165, 1.54) is 31.5 Å². The monoisotopic (exact) mass is 283 g/mol. The Labute approximate surface area is 130 Å². The van der Waals surface area contributed by atoms with Gasteiger partial charge in [-0.25, -0.2) is 0 Å². The van der Waals surface area contributed by atoms with Gasteiger partial charge in [-0.2, -0.15) is 0 Å². The molecule has 1 aromatic rings. The molecular weight excluding hydrogens is 254 g/mol. The molecule has 0 atom stereocenters. The van der Waals surface area contributed by atoms with Crippen LogP contribution >= 0.6 is 0 Å². The third kappa shape index (κ3) is 6.14. The zero-order valence-corrected chi connectivity index (χ0v) is 13.8. The highest BCUT2D eigenvalue weighted by molar-refractivity contribution is 5.25. The largest absolute Gasteiger partial charge is 0.306 e. The lowest BCUT2D eigenvalue weighted by Gasteiger charge is -2.38. The molecule has 0 bridgehead atoms. The predicted molar refractivity (Wildman–Crippen MR) is 94.7 cm³/mol. The number of piperidine rings is 1. The molecule has 21 heavy (non-hydrogen) atoms. The van der Waals surface area contributed by atoms with Gasteiger partial charge in [-0.15, -0.1) is 0 Å². The van der Waals surface area contributed by atoms with Crippen molar-refractivity contribution in [2.24, 2.45) is 0 Å². The van der Waals surface area contributed by atoms with Crippen LogP contribution in [0.2, 0.25) is 0 Å². The maximum absolute atomic E-state index is 3.51. The Balaban J connectivity index is 0.000000270. The summed E-state index contributed by atoms with van der Waals surface area (Å²) in [6.07, 6.45) is 12.1. The van der Waals surface area contributed by atoms with Gasteiger partial charge in [0.15, 0.2) is 0 Å². The van der Waals surface area contributed by atoms with Crippen molar-refractivity contribution in [1.29, 1.82) is 0 Å². The van der Waals surface area contributed by atoms with Crippen molar-refractivity contribution in [3.8, 4) is 0 Å². The molecule has 2 rings (SSSR count). The molecule has 1 aromatic carbocycles. The van der Waals surface area contributed by atoms with E-state index in [0.717, 1.165) is 0 Å². The summed E-state index contributed by atoms with van der Waals surface area (Å²) in [6, 6.07) is 10.9. The molecule has 1 aliphatic heterocycles. The van der Waals surface area contributed by atoms with Crippen LogP contribution in [0.5, 0.6) is 0 Å². The maximum Gasteiger partial charge on any atom is -0.00134 e. The Morgan fingerprint density at radius 3 is 2.19 bits per heavy atom. The van der Waals surface area contributed by atoms with E-state index in [1.54, 1.807) is 6.08 Å². The normalized spacial score (nSPS) is 18.4. The molecule has 0 amide bonds. The minimum atomic E-state index is 0.410. The quantitative estimate of drug-likeness (QED) is 0.708. The molecule has 1 heterocycles. The van der Waals surface area contributed by atoms with Crippen LogP contribution in [-0.2, 0) is 5.41 Å². The Morgan fingerprint density at radius 2 is 1.67 bits per heavy atom. The van der Waals surface area contributed by atoms with Crippen molar-refractivity contribution >= 4 is 0 Å². The summed E-state index contributed by atoms with van der Waals surface area (Å²) in [5.41, 5.74) is 1.92. The van der Waals surface area contributed by atoms with E-state index in [-0.39, 0.29) is 0 Å². The summed E-state index contributed by atoms with van der Waals surface area (Å²) in [5.74, 6) is 0. The van der Waals surface area contributed by atoms with Crippen LogP contribution in [-0.4, -0.2) is 25.0 Å². The van der Waals surface area contributed by atoms with Crippen molar-refractivity contribution in [1.82, 2.24) is 4.90 Å². The van der Waals surface area contributed by atoms with Crippen LogP contribution < -0.4 is 0 Å². The maximum atomic E-state index is 3.51.